The van der Waals surface area contributed by atoms with E-state index in [9.17, 15) is 4.79 Å². The van der Waals surface area contributed by atoms with E-state index in [1.54, 1.807) is 11.6 Å². The number of ether oxygens (including phenoxy) is 3. The van der Waals surface area contributed by atoms with Crippen LogP contribution < -0.4 is 19.7 Å². The lowest BCUT2D eigenvalue weighted by atomic mass is 10.1. The molecule has 1 amide bonds. The van der Waals surface area contributed by atoms with Crippen molar-refractivity contribution in [1.82, 2.24) is 9.78 Å². The zero-order valence-electron chi connectivity index (χ0n) is 21.3. The third-order valence-corrected chi connectivity index (χ3v) is 6.39. The molecule has 0 saturated carbocycles. The zero-order valence-corrected chi connectivity index (χ0v) is 22.0. The van der Waals surface area contributed by atoms with Crippen LogP contribution in [-0.4, -0.2) is 55.2 Å². The fourth-order valence-corrected chi connectivity index (χ4v) is 4.53. The van der Waals surface area contributed by atoms with Crippen LogP contribution in [0.5, 0.6) is 11.5 Å². The first-order valence-corrected chi connectivity index (χ1v) is 12.6. The average Bonchev–Trinajstić information content (AvgIpc) is 3.15. The van der Waals surface area contributed by atoms with Crippen molar-refractivity contribution >= 4 is 28.9 Å². The van der Waals surface area contributed by atoms with Gasteiger partial charge in [0.2, 0.25) is 0 Å². The molecular weight excluding hydrogens is 480 g/mol. The molecule has 36 heavy (non-hydrogen) atoms. The number of aryl methyl sites for hydroxylation is 2. The lowest BCUT2D eigenvalue weighted by Crippen LogP contribution is -2.36. The van der Waals surface area contributed by atoms with Gasteiger partial charge in [0.1, 0.15) is 16.7 Å². The Bertz CT molecular complexity index is 1200. The van der Waals surface area contributed by atoms with Crippen LogP contribution in [-0.2, 0) is 11.3 Å². The Labute approximate surface area is 217 Å². The maximum atomic E-state index is 13.4. The van der Waals surface area contributed by atoms with E-state index in [0.717, 1.165) is 24.3 Å². The molecule has 1 fully saturated rings. The highest BCUT2D eigenvalue weighted by atomic mass is 35.5. The highest BCUT2D eigenvalue weighted by Crippen LogP contribution is 2.39. The summed E-state index contributed by atoms with van der Waals surface area (Å²) in [5, 5.41) is 7.79. The Morgan fingerprint density at radius 3 is 2.39 bits per heavy atom. The Hall–Kier alpha value is -3.23. The van der Waals surface area contributed by atoms with Crippen molar-refractivity contribution in [3.63, 3.8) is 0 Å². The Kier molecular flexibility index (Phi) is 8.38. The summed E-state index contributed by atoms with van der Waals surface area (Å²) in [7, 11) is 0. The number of carbonyl (C=O) groups excluding carboxylic acids is 1. The number of rotatable bonds is 9. The minimum Gasteiger partial charge on any atom is -0.492 e. The summed E-state index contributed by atoms with van der Waals surface area (Å²) < 4.78 is 19.0. The molecule has 1 aromatic heterocycles. The smallest absolute Gasteiger partial charge is 0.260 e. The number of halogens is 1. The summed E-state index contributed by atoms with van der Waals surface area (Å²) in [6, 6.07) is 11.9. The van der Waals surface area contributed by atoms with E-state index in [0.29, 0.717) is 66.6 Å². The first-order valence-electron chi connectivity index (χ1n) is 12.3. The van der Waals surface area contributed by atoms with Gasteiger partial charge in [-0.2, -0.15) is 5.10 Å². The number of anilines is 2. The number of nitrogens with one attached hydrogen (secondary N) is 1. The van der Waals surface area contributed by atoms with Gasteiger partial charge in [0, 0.05) is 25.2 Å². The number of aromatic nitrogens is 2. The van der Waals surface area contributed by atoms with Gasteiger partial charge in [0.25, 0.3) is 5.91 Å². The van der Waals surface area contributed by atoms with Gasteiger partial charge in [0.15, 0.2) is 0 Å². The number of nitrogens with zero attached hydrogens (tertiary/aromatic N) is 3. The van der Waals surface area contributed by atoms with Crippen LogP contribution in [0.15, 0.2) is 36.4 Å². The van der Waals surface area contributed by atoms with Gasteiger partial charge in [-0.1, -0.05) is 41.4 Å². The Balaban J connectivity index is 1.62. The molecule has 0 unspecified atom stereocenters. The topological polar surface area (TPSA) is 77.8 Å². The number of carbonyl (C=O) groups is 1. The minimum absolute atomic E-state index is 0.290. The van der Waals surface area contributed by atoms with E-state index in [1.165, 1.54) is 5.56 Å². The van der Waals surface area contributed by atoms with Gasteiger partial charge in [0.05, 0.1) is 55.6 Å². The van der Waals surface area contributed by atoms with Crippen LogP contribution in [0, 0.1) is 13.8 Å². The average molecular weight is 513 g/mol. The van der Waals surface area contributed by atoms with Crippen molar-refractivity contribution in [2.45, 2.75) is 34.2 Å². The molecule has 1 saturated heterocycles. The molecule has 1 aliphatic rings. The van der Waals surface area contributed by atoms with Crippen molar-refractivity contribution in [2.24, 2.45) is 0 Å². The number of benzene rings is 2. The van der Waals surface area contributed by atoms with Gasteiger partial charge in [-0.25, -0.2) is 4.68 Å². The first-order chi connectivity index (χ1) is 17.4. The van der Waals surface area contributed by atoms with E-state index >= 15 is 0 Å². The molecule has 4 rings (SSSR count). The predicted molar refractivity (Wildman–Crippen MR) is 142 cm³/mol. The van der Waals surface area contributed by atoms with Crippen LogP contribution in [0.25, 0.3) is 0 Å². The van der Waals surface area contributed by atoms with Crippen LogP contribution >= 0.6 is 11.6 Å². The Morgan fingerprint density at radius 1 is 1.06 bits per heavy atom. The number of amides is 1. The molecule has 192 valence electrons. The maximum absolute atomic E-state index is 13.4. The van der Waals surface area contributed by atoms with E-state index in [2.05, 4.69) is 15.3 Å². The second-order valence-electron chi connectivity index (χ2n) is 8.63. The molecule has 0 atom stereocenters. The largest absolute Gasteiger partial charge is 0.492 e. The fraction of sp³-hybridized carbons (Fsp3) is 0.407. The minimum atomic E-state index is -0.352. The summed E-state index contributed by atoms with van der Waals surface area (Å²) in [4.78, 5) is 15.6. The molecule has 1 aliphatic heterocycles. The standard InChI is InChI=1S/C27H33ClN4O4/c1-5-35-23-16-22(31-11-13-34-14-12-31)24(36-6-2)15-21(23)29-27(33)25-19(4)30-32(26(25)28)17-20-9-7-18(3)8-10-20/h7-10,15-16H,5-6,11-14,17H2,1-4H3,(H,29,33). The number of hydrogen-bond acceptors (Lipinski definition) is 6. The number of morpholine rings is 1. The van der Waals surface area contributed by atoms with Crippen LogP contribution in [0.4, 0.5) is 11.4 Å². The van der Waals surface area contributed by atoms with E-state index in [-0.39, 0.29) is 5.91 Å². The second-order valence-corrected chi connectivity index (χ2v) is 8.99. The Morgan fingerprint density at radius 2 is 1.72 bits per heavy atom. The van der Waals surface area contributed by atoms with Gasteiger partial charge < -0.3 is 24.4 Å². The highest BCUT2D eigenvalue weighted by Gasteiger charge is 2.24. The van der Waals surface area contributed by atoms with Crippen LogP contribution in [0.3, 0.4) is 0 Å². The van der Waals surface area contributed by atoms with Crippen molar-refractivity contribution in [3.8, 4) is 11.5 Å². The summed E-state index contributed by atoms with van der Waals surface area (Å²) >= 11 is 6.65. The molecule has 2 heterocycles. The summed E-state index contributed by atoms with van der Waals surface area (Å²) in [6.07, 6.45) is 0. The van der Waals surface area contributed by atoms with Crippen molar-refractivity contribution in [2.75, 3.05) is 49.7 Å². The van der Waals surface area contributed by atoms with Crippen LogP contribution in [0.1, 0.15) is 41.0 Å². The fourth-order valence-electron chi connectivity index (χ4n) is 4.21. The molecule has 0 bridgehead atoms. The van der Waals surface area contributed by atoms with Gasteiger partial charge in [-0.15, -0.1) is 0 Å². The summed E-state index contributed by atoms with van der Waals surface area (Å²) in [6.45, 7) is 11.9. The molecule has 0 aliphatic carbocycles. The molecular formula is C27H33ClN4O4. The molecule has 1 N–H and O–H groups in total. The van der Waals surface area contributed by atoms with Crippen LogP contribution in [0.2, 0.25) is 5.15 Å². The summed E-state index contributed by atoms with van der Waals surface area (Å²) in [5.41, 5.74) is 4.55. The lowest BCUT2D eigenvalue weighted by molar-refractivity contribution is 0.102. The maximum Gasteiger partial charge on any atom is 0.260 e. The van der Waals surface area contributed by atoms with Gasteiger partial charge in [-0.05, 0) is 33.3 Å². The third-order valence-electron chi connectivity index (χ3n) is 6.01. The first kappa shape index (κ1) is 25.9. The predicted octanol–water partition coefficient (Wildman–Crippen LogP) is 5.09. The molecule has 3 aromatic rings. The molecule has 9 heteroatoms. The summed E-state index contributed by atoms with van der Waals surface area (Å²) in [5.74, 6) is 0.892. The molecule has 0 spiro atoms. The van der Waals surface area contributed by atoms with Gasteiger partial charge in [-0.3, -0.25) is 4.79 Å². The lowest BCUT2D eigenvalue weighted by Gasteiger charge is -2.31. The van der Waals surface area contributed by atoms with Crippen molar-refractivity contribution < 1.29 is 19.0 Å². The van der Waals surface area contributed by atoms with E-state index < -0.39 is 0 Å². The molecule has 2 aromatic carbocycles. The highest BCUT2D eigenvalue weighted by molar-refractivity contribution is 6.33. The third kappa shape index (κ3) is 5.77. The van der Waals surface area contributed by atoms with Crippen molar-refractivity contribution in [1.29, 1.82) is 0 Å². The second kappa shape index (κ2) is 11.7. The molecule has 0 radical (unpaired) electrons. The van der Waals surface area contributed by atoms with E-state index in [4.69, 9.17) is 25.8 Å². The quantitative estimate of drug-likeness (QED) is 0.430. The van der Waals surface area contributed by atoms with E-state index in [1.807, 2.05) is 57.2 Å². The van der Waals surface area contributed by atoms with Crippen molar-refractivity contribution in [3.05, 3.63) is 63.9 Å². The number of hydrogen-bond donors (Lipinski definition) is 1. The monoisotopic (exact) mass is 512 g/mol. The van der Waals surface area contributed by atoms with Gasteiger partial charge >= 0.3 is 0 Å². The molecule has 8 nitrogen and oxygen atoms in total. The normalized spacial score (nSPS) is 13.5. The zero-order chi connectivity index (χ0) is 25.7. The SMILES string of the molecule is CCOc1cc(N2CCOCC2)c(OCC)cc1NC(=O)c1c(C)nn(Cc2ccc(C)cc2)c1Cl.